The van der Waals surface area contributed by atoms with Crippen molar-refractivity contribution in [2.24, 2.45) is 0 Å². The first-order valence-corrected chi connectivity index (χ1v) is 7.46. The van der Waals surface area contributed by atoms with Crippen molar-refractivity contribution >= 4 is 40.1 Å². The lowest BCUT2D eigenvalue weighted by Crippen LogP contribution is -2.43. The second-order valence-electron chi connectivity index (χ2n) is 4.68. The summed E-state index contributed by atoms with van der Waals surface area (Å²) in [5, 5.41) is 3.78. The number of nitrogens with one attached hydrogen (secondary N) is 1. The number of hydrogen-bond donors (Lipinski definition) is 1. The molecule has 18 heavy (non-hydrogen) atoms. The Morgan fingerprint density at radius 2 is 2.11 bits per heavy atom. The molecule has 0 bridgehead atoms. The van der Waals surface area contributed by atoms with Crippen LogP contribution < -0.4 is 5.32 Å². The van der Waals surface area contributed by atoms with Crippen molar-refractivity contribution in [1.29, 1.82) is 0 Å². The van der Waals surface area contributed by atoms with E-state index >= 15 is 0 Å². The molecule has 0 saturated carbocycles. The molecule has 1 saturated heterocycles. The molecule has 1 amide bonds. The number of benzene rings is 1. The highest BCUT2D eigenvalue weighted by molar-refractivity contribution is 14.1. The Morgan fingerprint density at radius 3 is 2.72 bits per heavy atom. The van der Waals surface area contributed by atoms with Crippen LogP contribution in [0.15, 0.2) is 18.2 Å². The second kappa shape index (κ2) is 6.21. The summed E-state index contributed by atoms with van der Waals surface area (Å²) in [6.07, 6.45) is 2.04. The number of piperidine rings is 1. The standard InChI is InChI=1S/C13H16ClIN2O/c1-17-6-4-10(5-7-17)16-13(18)9-2-3-11(14)12(15)8-9/h2-3,8,10H,4-7H2,1H3,(H,16,18). The Kier molecular flexibility index (Phi) is 4.86. The normalized spacial score (nSPS) is 17.7. The molecule has 0 aliphatic carbocycles. The zero-order valence-corrected chi connectivity index (χ0v) is 13.2. The van der Waals surface area contributed by atoms with E-state index in [4.69, 9.17) is 11.6 Å². The number of likely N-dealkylation sites (tertiary alicyclic amines) is 1. The smallest absolute Gasteiger partial charge is 0.251 e. The minimum Gasteiger partial charge on any atom is -0.349 e. The summed E-state index contributed by atoms with van der Waals surface area (Å²) in [6.45, 7) is 2.09. The predicted octanol–water partition coefficient (Wildman–Crippen LogP) is 2.77. The highest BCUT2D eigenvalue weighted by atomic mass is 127. The van der Waals surface area contributed by atoms with Gasteiger partial charge in [0.15, 0.2) is 0 Å². The first-order valence-electron chi connectivity index (χ1n) is 6.00. The van der Waals surface area contributed by atoms with E-state index in [0.29, 0.717) is 16.6 Å². The first kappa shape index (κ1) is 14.1. The van der Waals surface area contributed by atoms with Crippen LogP contribution in [0.5, 0.6) is 0 Å². The Morgan fingerprint density at radius 1 is 1.44 bits per heavy atom. The highest BCUT2D eigenvalue weighted by Crippen LogP contribution is 2.19. The fourth-order valence-electron chi connectivity index (χ4n) is 2.06. The van der Waals surface area contributed by atoms with Gasteiger partial charge in [0.05, 0.1) is 5.02 Å². The van der Waals surface area contributed by atoms with Crippen LogP contribution in [-0.4, -0.2) is 37.0 Å². The van der Waals surface area contributed by atoms with E-state index in [2.05, 4.69) is 39.9 Å². The van der Waals surface area contributed by atoms with E-state index in [1.165, 1.54) is 0 Å². The zero-order valence-electron chi connectivity index (χ0n) is 10.2. The summed E-state index contributed by atoms with van der Waals surface area (Å²) < 4.78 is 0.908. The summed E-state index contributed by atoms with van der Waals surface area (Å²) in [5.74, 6) is -0.000800. The Hall–Kier alpha value is -0.330. The zero-order chi connectivity index (χ0) is 13.1. The van der Waals surface area contributed by atoms with Gasteiger partial charge in [0, 0.05) is 15.2 Å². The van der Waals surface area contributed by atoms with E-state index in [1.807, 2.05) is 6.07 Å². The topological polar surface area (TPSA) is 32.3 Å². The molecule has 1 aromatic carbocycles. The van der Waals surface area contributed by atoms with Crippen molar-refractivity contribution in [1.82, 2.24) is 10.2 Å². The molecule has 0 atom stereocenters. The van der Waals surface area contributed by atoms with Gasteiger partial charge in [-0.05, 0) is 73.8 Å². The highest BCUT2D eigenvalue weighted by Gasteiger charge is 2.19. The van der Waals surface area contributed by atoms with Gasteiger partial charge in [0.1, 0.15) is 0 Å². The van der Waals surface area contributed by atoms with Crippen molar-refractivity contribution in [3.63, 3.8) is 0 Å². The minimum atomic E-state index is -0.000800. The Labute approximate surface area is 126 Å². The van der Waals surface area contributed by atoms with Crippen molar-refractivity contribution in [3.05, 3.63) is 32.4 Å². The van der Waals surface area contributed by atoms with E-state index in [1.54, 1.807) is 12.1 Å². The quantitative estimate of drug-likeness (QED) is 0.803. The van der Waals surface area contributed by atoms with Crippen LogP contribution in [0.2, 0.25) is 5.02 Å². The first-order chi connectivity index (χ1) is 8.56. The van der Waals surface area contributed by atoms with Gasteiger partial charge < -0.3 is 10.2 Å². The maximum atomic E-state index is 12.1. The average Bonchev–Trinajstić information content (AvgIpc) is 2.35. The van der Waals surface area contributed by atoms with Crippen LogP contribution in [0.25, 0.3) is 0 Å². The van der Waals surface area contributed by atoms with E-state index < -0.39 is 0 Å². The summed E-state index contributed by atoms with van der Waals surface area (Å²) in [6, 6.07) is 5.66. The SMILES string of the molecule is CN1CCC(NC(=O)c2ccc(Cl)c(I)c2)CC1. The fraction of sp³-hybridized carbons (Fsp3) is 0.462. The van der Waals surface area contributed by atoms with Crippen molar-refractivity contribution in [2.45, 2.75) is 18.9 Å². The van der Waals surface area contributed by atoms with Gasteiger partial charge in [-0.15, -0.1) is 0 Å². The molecule has 1 aliphatic heterocycles. The third kappa shape index (κ3) is 3.59. The molecule has 0 spiro atoms. The predicted molar refractivity (Wildman–Crippen MR) is 82.2 cm³/mol. The van der Waals surface area contributed by atoms with Crippen LogP contribution in [0, 0.1) is 3.57 Å². The van der Waals surface area contributed by atoms with Gasteiger partial charge in [-0.1, -0.05) is 11.6 Å². The van der Waals surface area contributed by atoms with Crippen LogP contribution in [0.4, 0.5) is 0 Å². The lowest BCUT2D eigenvalue weighted by molar-refractivity contribution is 0.0917. The molecule has 1 aliphatic rings. The molecule has 1 aromatic rings. The molecule has 1 heterocycles. The van der Waals surface area contributed by atoms with Crippen LogP contribution in [0.1, 0.15) is 23.2 Å². The van der Waals surface area contributed by atoms with E-state index in [-0.39, 0.29) is 5.91 Å². The molecular weight excluding hydrogens is 363 g/mol. The Bertz CT molecular complexity index is 445. The maximum absolute atomic E-state index is 12.1. The number of carbonyl (C=O) groups excluding carboxylic acids is 1. The molecule has 0 aromatic heterocycles. The second-order valence-corrected chi connectivity index (χ2v) is 6.25. The summed E-state index contributed by atoms with van der Waals surface area (Å²) in [4.78, 5) is 14.4. The summed E-state index contributed by atoms with van der Waals surface area (Å²) >= 11 is 8.09. The molecule has 98 valence electrons. The molecule has 1 N–H and O–H groups in total. The Balaban J connectivity index is 1.97. The van der Waals surface area contributed by atoms with Gasteiger partial charge in [-0.3, -0.25) is 4.79 Å². The molecule has 2 rings (SSSR count). The third-order valence-electron chi connectivity index (χ3n) is 3.24. The van der Waals surface area contributed by atoms with Gasteiger partial charge >= 0.3 is 0 Å². The van der Waals surface area contributed by atoms with Crippen LogP contribution in [0.3, 0.4) is 0 Å². The number of halogens is 2. The third-order valence-corrected chi connectivity index (χ3v) is 4.78. The number of nitrogens with zero attached hydrogens (tertiary/aromatic N) is 1. The molecule has 0 unspecified atom stereocenters. The maximum Gasteiger partial charge on any atom is 0.251 e. The number of amides is 1. The summed E-state index contributed by atoms with van der Waals surface area (Å²) in [7, 11) is 2.11. The monoisotopic (exact) mass is 378 g/mol. The minimum absolute atomic E-state index is 0.000800. The van der Waals surface area contributed by atoms with Crippen molar-refractivity contribution in [2.75, 3.05) is 20.1 Å². The molecule has 3 nitrogen and oxygen atoms in total. The number of hydrogen-bond acceptors (Lipinski definition) is 2. The lowest BCUT2D eigenvalue weighted by Gasteiger charge is -2.29. The average molecular weight is 379 g/mol. The van der Waals surface area contributed by atoms with E-state index in [9.17, 15) is 4.79 Å². The van der Waals surface area contributed by atoms with Crippen LogP contribution in [-0.2, 0) is 0 Å². The summed E-state index contributed by atoms with van der Waals surface area (Å²) in [5.41, 5.74) is 0.683. The van der Waals surface area contributed by atoms with Crippen LogP contribution >= 0.6 is 34.2 Å². The van der Waals surface area contributed by atoms with Gasteiger partial charge in [0.2, 0.25) is 0 Å². The van der Waals surface area contributed by atoms with Crippen molar-refractivity contribution < 1.29 is 4.79 Å². The molecule has 1 fully saturated rings. The van der Waals surface area contributed by atoms with Gasteiger partial charge in [0.25, 0.3) is 5.91 Å². The molecular formula is C13H16ClIN2O. The van der Waals surface area contributed by atoms with Crippen molar-refractivity contribution in [3.8, 4) is 0 Å². The largest absolute Gasteiger partial charge is 0.349 e. The number of carbonyl (C=O) groups is 1. The van der Waals surface area contributed by atoms with E-state index in [0.717, 1.165) is 29.5 Å². The fourth-order valence-corrected chi connectivity index (χ4v) is 2.69. The van der Waals surface area contributed by atoms with Gasteiger partial charge in [-0.2, -0.15) is 0 Å². The number of rotatable bonds is 2. The van der Waals surface area contributed by atoms with Gasteiger partial charge in [-0.25, -0.2) is 0 Å². The molecule has 0 radical (unpaired) electrons. The molecule has 5 heteroatoms. The lowest BCUT2D eigenvalue weighted by atomic mass is 10.0.